The normalized spacial score (nSPS) is 9.68. The molecular weight excluding hydrogens is 238 g/mol. The number of hydrogen-bond donors (Lipinski definition) is 0. The van der Waals surface area contributed by atoms with Crippen LogP contribution in [0.5, 0.6) is 0 Å². The Bertz CT molecular complexity index is 789. The molecule has 0 aliphatic carbocycles. The van der Waals surface area contributed by atoms with Gasteiger partial charge in [-0.05, 0) is 37.1 Å². The first-order valence-corrected chi connectivity index (χ1v) is 5.72. The lowest BCUT2D eigenvalue weighted by Gasteiger charge is -2.11. The van der Waals surface area contributed by atoms with Crippen molar-refractivity contribution in [3.8, 4) is 17.8 Å². The molecule has 0 saturated heterocycles. The highest BCUT2D eigenvalue weighted by molar-refractivity contribution is 5.47. The van der Waals surface area contributed by atoms with Crippen molar-refractivity contribution in [2.45, 2.75) is 13.8 Å². The van der Waals surface area contributed by atoms with Gasteiger partial charge in [0.1, 0.15) is 17.7 Å². The van der Waals surface area contributed by atoms with Gasteiger partial charge in [-0.3, -0.25) is 9.36 Å². The van der Waals surface area contributed by atoms with Gasteiger partial charge in [0.15, 0.2) is 0 Å². The van der Waals surface area contributed by atoms with Gasteiger partial charge in [-0.25, -0.2) is 0 Å². The molecule has 0 N–H and O–H groups in total. The highest BCUT2D eigenvalue weighted by Gasteiger charge is 2.10. The number of pyridine rings is 1. The summed E-state index contributed by atoms with van der Waals surface area (Å²) in [6.45, 7) is 3.85. The molecule has 0 unspecified atom stereocenters. The van der Waals surface area contributed by atoms with Crippen LogP contribution in [0.3, 0.4) is 0 Å². The molecule has 1 aromatic heterocycles. The fraction of sp³-hybridized carbons (Fsp3) is 0.133. The summed E-state index contributed by atoms with van der Waals surface area (Å²) in [5.41, 5.74) is 2.54. The molecule has 2 aromatic rings. The van der Waals surface area contributed by atoms with Crippen molar-refractivity contribution in [1.82, 2.24) is 4.57 Å². The topological polar surface area (TPSA) is 69.6 Å². The molecule has 0 spiro atoms. The van der Waals surface area contributed by atoms with Crippen LogP contribution in [0.2, 0.25) is 0 Å². The molecule has 19 heavy (non-hydrogen) atoms. The summed E-state index contributed by atoms with van der Waals surface area (Å²) < 4.78 is 1.36. The SMILES string of the molecule is Cc1cccc(-n2cc(C#N)cc(C#N)c2=O)c1C. The molecule has 0 bridgehead atoms. The van der Waals surface area contributed by atoms with Gasteiger partial charge < -0.3 is 0 Å². The van der Waals surface area contributed by atoms with E-state index in [1.807, 2.05) is 38.1 Å². The average Bonchev–Trinajstić information content (AvgIpc) is 2.42. The third-order valence-corrected chi connectivity index (χ3v) is 3.10. The minimum Gasteiger partial charge on any atom is -0.282 e. The van der Waals surface area contributed by atoms with Crippen molar-refractivity contribution < 1.29 is 0 Å². The molecule has 2 rings (SSSR count). The van der Waals surface area contributed by atoms with Crippen LogP contribution in [0.15, 0.2) is 35.3 Å². The second-order valence-corrected chi connectivity index (χ2v) is 4.26. The lowest BCUT2D eigenvalue weighted by Crippen LogP contribution is -2.21. The molecule has 0 saturated carbocycles. The fourth-order valence-corrected chi connectivity index (χ4v) is 1.90. The van der Waals surface area contributed by atoms with Crippen molar-refractivity contribution >= 4 is 0 Å². The molecule has 4 heteroatoms. The molecular formula is C15H11N3O. The van der Waals surface area contributed by atoms with Crippen LogP contribution < -0.4 is 5.56 Å². The quantitative estimate of drug-likeness (QED) is 0.777. The Kier molecular flexibility index (Phi) is 3.18. The first kappa shape index (κ1) is 12.6. The maximum absolute atomic E-state index is 12.2. The smallest absolute Gasteiger partial charge is 0.273 e. The summed E-state index contributed by atoms with van der Waals surface area (Å²) in [5.74, 6) is 0. The van der Waals surface area contributed by atoms with E-state index in [0.29, 0.717) is 5.69 Å². The molecule has 1 heterocycles. The number of benzene rings is 1. The summed E-state index contributed by atoms with van der Waals surface area (Å²) in [4.78, 5) is 12.2. The van der Waals surface area contributed by atoms with Crippen LogP contribution in [-0.4, -0.2) is 4.57 Å². The molecule has 0 radical (unpaired) electrons. The second-order valence-electron chi connectivity index (χ2n) is 4.26. The van der Waals surface area contributed by atoms with E-state index in [9.17, 15) is 4.79 Å². The first-order valence-electron chi connectivity index (χ1n) is 5.72. The van der Waals surface area contributed by atoms with Crippen LogP contribution >= 0.6 is 0 Å². The predicted molar refractivity (Wildman–Crippen MR) is 70.9 cm³/mol. The van der Waals surface area contributed by atoms with Gasteiger partial charge >= 0.3 is 0 Å². The summed E-state index contributed by atoms with van der Waals surface area (Å²) in [5, 5.41) is 17.9. The highest BCUT2D eigenvalue weighted by atomic mass is 16.1. The number of nitrogens with zero attached hydrogens (tertiary/aromatic N) is 3. The molecule has 0 atom stereocenters. The zero-order valence-electron chi connectivity index (χ0n) is 10.6. The van der Waals surface area contributed by atoms with Gasteiger partial charge in [0.25, 0.3) is 5.56 Å². The zero-order valence-corrected chi connectivity index (χ0v) is 10.6. The molecule has 1 aromatic carbocycles. The molecule has 4 nitrogen and oxygen atoms in total. The van der Waals surface area contributed by atoms with E-state index >= 15 is 0 Å². The Morgan fingerprint density at radius 1 is 1.16 bits per heavy atom. The third-order valence-electron chi connectivity index (χ3n) is 3.10. The largest absolute Gasteiger partial charge is 0.282 e. The monoisotopic (exact) mass is 249 g/mol. The van der Waals surface area contributed by atoms with Gasteiger partial charge in [-0.2, -0.15) is 10.5 Å². The lowest BCUT2D eigenvalue weighted by molar-refractivity contribution is 0.961. The first-order chi connectivity index (χ1) is 9.08. The Labute approximate surface area is 110 Å². The Morgan fingerprint density at radius 3 is 2.53 bits per heavy atom. The fourth-order valence-electron chi connectivity index (χ4n) is 1.90. The molecule has 0 aliphatic rings. The number of nitriles is 2. The van der Waals surface area contributed by atoms with Gasteiger partial charge in [0.2, 0.25) is 0 Å². The van der Waals surface area contributed by atoms with Crippen LogP contribution in [0.25, 0.3) is 5.69 Å². The van der Waals surface area contributed by atoms with E-state index < -0.39 is 5.56 Å². The number of aromatic nitrogens is 1. The van der Waals surface area contributed by atoms with E-state index in [1.54, 1.807) is 6.07 Å². The Balaban J connectivity index is 2.84. The Hall–Kier alpha value is -2.85. The van der Waals surface area contributed by atoms with Crippen molar-refractivity contribution in [1.29, 1.82) is 10.5 Å². The molecule has 0 amide bonds. The van der Waals surface area contributed by atoms with E-state index in [-0.39, 0.29) is 11.1 Å². The number of aryl methyl sites for hydroxylation is 1. The number of rotatable bonds is 1. The van der Waals surface area contributed by atoms with Gasteiger partial charge in [0.05, 0.1) is 11.3 Å². The summed E-state index contributed by atoms with van der Waals surface area (Å²) in [7, 11) is 0. The lowest BCUT2D eigenvalue weighted by atomic mass is 10.1. The third kappa shape index (κ3) is 2.12. The van der Waals surface area contributed by atoms with Crippen molar-refractivity contribution in [3.05, 3.63) is 63.1 Å². The van der Waals surface area contributed by atoms with Crippen LogP contribution in [0, 0.1) is 36.5 Å². The maximum Gasteiger partial charge on any atom is 0.273 e. The summed E-state index contributed by atoms with van der Waals surface area (Å²) >= 11 is 0. The van der Waals surface area contributed by atoms with Crippen molar-refractivity contribution in [3.63, 3.8) is 0 Å². The average molecular weight is 249 g/mol. The van der Waals surface area contributed by atoms with Crippen molar-refractivity contribution in [2.24, 2.45) is 0 Å². The van der Waals surface area contributed by atoms with Gasteiger partial charge in [-0.1, -0.05) is 12.1 Å². The van der Waals surface area contributed by atoms with E-state index in [2.05, 4.69) is 0 Å². The molecule has 0 fully saturated rings. The Morgan fingerprint density at radius 2 is 1.89 bits per heavy atom. The van der Waals surface area contributed by atoms with E-state index in [1.165, 1.54) is 16.8 Å². The minimum absolute atomic E-state index is 0.0278. The molecule has 0 aliphatic heterocycles. The minimum atomic E-state index is -0.407. The van der Waals surface area contributed by atoms with Gasteiger partial charge in [0, 0.05) is 6.20 Å². The molecule has 92 valence electrons. The predicted octanol–water partition coefficient (Wildman–Crippen LogP) is 2.20. The summed E-state index contributed by atoms with van der Waals surface area (Å²) in [6.07, 6.45) is 1.46. The maximum atomic E-state index is 12.2. The van der Waals surface area contributed by atoms with Crippen molar-refractivity contribution in [2.75, 3.05) is 0 Å². The zero-order chi connectivity index (χ0) is 14.0. The van der Waals surface area contributed by atoms with Crippen LogP contribution in [0.4, 0.5) is 0 Å². The summed E-state index contributed by atoms with van der Waals surface area (Å²) in [6, 6.07) is 10.7. The number of hydrogen-bond acceptors (Lipinski definition) is 3. The van der Waals surface area contributed by atoms with Gasteiger partial charge in [-0.15, -0.1) is 0 Å². The standard InChI is InChI=1S/C15H11N3O/c1-10-4-3-5-14(11(10)2)18-9-12(7-16)6-13(8-17)15(18)19/h3-6,9H,1-2H3. The van der Waals surface area contributed by atoms with E-state index in [0.717, 1.165) is 11.1 Å². The second kappa shape index (κ2) is 4.80. The highest BCUT2D eigenvalue weighted by Crippen LogP contribution is 2.16. The van der Waals surface area contributed by atoms with E-state index in [4.69, 9.17) is 10.5 Å². The van der Waals surface area contributed by atoms with Crippen LogP contribution in [-0.2, 0) is 0 Å². The van der Waals surface area contributed by atoms with Crippen LogP contribution in [0.1, 0.15) is 22.3 Å².